The molecule has 3 nitrogen and oxygen atoms in total. The highest BCUT2D eigenvalue weighted by atomic mass is 79.9. The van der Waals surface area contributed by atoms with E-state index in [1.165, 1.54) is 15.6 Å². The van der Waals surface area contributed by atoms with Crippen LogP contribution in [0.1, 0.15) is 36.1 Å². The Balaban J connectivity index is 2.26. The van der Waals surface area contributed by atoms with Crippen molar-refractivity contribution in [3.63, 3.8) is 0 Å². The van der Waals surface area contributed by atoms with Gasteiger partial charge in [0.15, 0.2) is 0 Å². The van der Waals surface area contributed by atoms with Crippen LogP contribution in [0.4, 0.5) is 0 Å². The molecule has 0 bridgehead atoms. The Labute approximate surface area is 110 Å². The number of nitrogens with zero attached hydrogens (tertiary/aromatic N) is 2. The minimum Gasteiger partial charge on any atom is -0.198 e. The van der Waals surface area contributed by atoms with Crippen LogP contribution >= 0.6 is 15.9 Å². The van der Waals surface area contributed by atoms with Gasteiger partial charge < -0.3 is 0 Å². The Hall–Kier alpha value is -1.16. The minimum atomic E-state index is 0.498. The molecule has 4 heteroatoms. The maximum absolute atomic E-state index is 4.13. The molecule has 1 heterocycles. The molecule has 2 aromatic rings. The van der Waals surface area contributed by atoms with Crippen molar-refractivity contribution in [2.75, 3.05) is 0 Å². The smallest absolute Gasteiger partial charge is 0.0830 e. The van der Waals surface area contributed by atoms with Gasteiger partial charge in [-0.15, -0.1) is 0 Å². The number of H-pyrrole nitrogens is 1. The van der Waals surface area contributed by atoms with E-state index in [0.717, 1.165) is 18.5 Å². The highest BCUT2D eigenvalue weighted by Gasteiger charge is 2.15. The van der Waals surface area contributed by atoms with Gasteiger partial charge in [-0.3, -0.25) is 0 Å². The van der Waals surface area contributed by atoms with E-state index in [1.54, 1.807) is 6.20 Å². The van der Waals surface area contributed by atoms with Gasteiger partial charge in [-0.25, -0.2) is 0 Å². The number of halogens is 1. The first-order chi connectivity index (χ1) is 8.22. The summed E-state index contributed by atoms with van der Waals surface area (Å²) in [6.07, 6.45) is 3.84. The standard InChI is InChI=1S/C13H16BrN3/c1-3-10(7-11-8-15-17-16-11)12-5-4-6-13(14)9(12)2/h4-6,8,10H,3,7H2,1-2H3,(H,15,16,17). The Kier molecular flexibility index (Phi) is 3.94. The fraction of sp³-hybridized carbons (Fsp3) is 0.385. The normalized spacial score (nSPS) is 12.6. The lowest BCUT2D eigenvalue weighted by atomic mass is 9.89. The third-order valence-electron chi connectivity index (χ3n) is 3.16. The van der Waals surface area contributed by atoms with Crippen molar-refractivity contribution in [3.8, 4) is 0 Å². The molecule has 0 saturated heterocycles. The van der Waals surface area contributed by atoms with Crippen molar-refractivity contribution in [3.05, 3.63) is 45.7 Å². The van der Waals surface area contributed by atoms with Crippen molar-refractivity contribution in [2.45, 2.75) is 32.6 Å². The molecule has 1 unspecified atom stereocenters. The van der Waals surface area contributed by atoms with E-state index in [0.29, 0.717) is 5.92 Å². The van der Waals surface area contributed by atoms with Crippen LogP contribution in [0.3, 0.4) is 0 Å². The zero-order valence-electron chi connectivity index (χ0n) is 10.1. The number of benzene rings is 1. The minimum absolute atomic E-state index is 0.498. The molecule has 0 fully saturated rings. The van der Waals surface area contributed by atoms with Crippen LogP contribution in [0.25, 0.3) is 0 Å². The third kappa shape index (κ3) is 2.75. The quantitative estimate of drug-likeness (QED) is 0.936. The number of hydrogen-bond acceptors (Lipinski definition) is 2. The first-order valence-electron chi connectivity index (χ1n) is 5.82. The maximum atomic E-state index is 4.13. The van der Waals surface area contributed by atoms with Crippen LogP contribution in [0.15, 0.2) is 28.9 Å². The van der Waals surface area contributed by atoms with E-state index in [-0.39, 0.29) is 0 Å². The lowest BCUT2D eigenvalue weighted by Crippen LogP contribution is -2.04. The summed E-state index contributed by atoms with van der Waals surface area (Å²) in [6.45, 7) is 4.37. The van der Waals surface area contributed by atoms with E-state index in [2.05, 4.69) is 63.4 Å². The van der Waals surface area contributed by atoms with E-state index in [1.807, 2.05) is 0 Å². The molecule has 0 aliphatic heterocycles. The highest BCUT2D eigenvalue weighted by molar-refractivity contribution is 9.10. The fourth-order valence-corrected chi connectivity index (χ4v) is 2.50. The van der Waals surface area contributed by atoms with Crippen LogP contribution in [-0.2, 0) is 6.42 Å². The van der Waals surface area contributed by atoms with Gasteiger partial charge in [0.05, 0.1) is 11.9 Å². The molecule has 1 aromatic heterocycles. The van der Waals surface area contributed by atoms with Gasteiger partial charge in [-0.1, -0.05) is 35.0 Å². The van der Waals surface area contributed by atoms with Gasteiger partial charge in [-0.2, -0.15) is 15.4 Å². The fourth-order valence-electron chi connectivity index (χ4n) is 2.12. The van der Waals surface area contributed by atoms with E-state index >= 15 is 0 Å². The summed E-state index contributed by atoms with van der Waals surface area (Å²) in [5.74, 6) is 0.498. The zero-order chi connectivity index (χ0) is 12.3. The predicted molar refractivity (Wildman–Crippen MR) is 72.0 cm³/mol. The van der Waals surface area contributed by atoms with Gasteiger partial charge in [0, 0.05) is 4.47 Å². The van der Waals surface area contributed by atoms with Crippen molar-refractivity contribution >= 4 is 15.9 Å². The summed E-state index contributed by atoms with van der Waals surface area (Å²) >= 11 is 3.59. The molecule has 0 spiro atoms. The number of hydrogen-bond donors (Lipinski definition) is 1. The Morgan fingerprint density at radius 3 is 2.88 bits per heavy atom. The number of rotatable bonds is 4. The maximum Gasteiger partial charge on any atom is 0.0830 e. The Morgan fingerprint density at radius 1 is 1.41 bits per heavy atom. The number of aromatic nitrogens is 3. The lowest BCUT2D eigenvalue weighted by molar-refractivity contribution is 0.644. The molecule has 90 valence electrons. The SMILES string of the molecule is CCC(Cc1cn[nH]n1)c1cccc(Br)c1C. The van der Waals surface area contributed by atoms with E-state index in [9.17, 15) is 0 Å². The van der Waals surface area contributed by atoms with Crippen LogP contribution in [0.5, 0.6) is 0 Å². The van der Waals surface area contributed by atoms with Crippen LogP contribution in [0.2, 0.25) is 0 Å². The molecule has 1 atom stereocenters. The Bertz CT molecular complexity index is 479. The molecule has 1 aromatic carbocycles. The number of aromatic amines is 1. The lowest BCUT2D eigenvalue weighted by Gasteiger charge is -2.17. The van der Waals surface area contributed by atoms with Gasteiger partial charge in [-0.05, 0) is 42.9 Å². The molecule has 0 radical (unpaired) electrons. The molecule has 2 rings (SSSR count). The summed E-state index contributed by atoms with van der Waals surface area (Å²) in [5, 5.41) is 10.7. The average Bonchev–Trinajstić information content (AvgIpc) is 2.83. The van der Waals surface area contributed by atoms with Crippen molar-refractivity contribution in [1.82, 2.24) is 15.4 Å². The summed E-state index contributed by atoms with van der Waals surface area (Å²) in [7, 11) is 0. The van der Waals surface area contributed by atoms with E-state index in [4.69, 9.17) is 0 Å². The Morgan fingerprint density at radius 2 is 2.24 bits per heavy atom. The largest absolute Gasteiger partial charge is 0.198 e. The van der Waals surface area contributed by atoms with Crippen molar-refractivity contribution in [1.29, 1.82) is 0 Å². The summed E-state index contributed by atoms with van der Waals surface area (Å²) in [5.41, 5.74) is 3.74. The van der Waals surface area contributed by atoms with Gasteiger partial charge >= 0.3 is 0 Å². The molecule has 0 amide bonds. The second kappa shape index (κ2) is 5.45. The topological polar surface area (TPSA) is 41.6 Å². The van der Waals surface area contributed by atoms with Gasteiger partial charge in [0.1, 0.15) is 0 Å². The summed E-state index contributed by atoms with van der Waals surface area (Å²) < 4.78 is 1.17. The van der Waals surface area contributed by atoms with Gasteiger partial charge in [0.2, 0.25) is 0 Å². The summed E-state index contributed by atoms with van der Waals surface area (Å²) in [6, 6.07) is 6.38. The van der Waals surface area contributed by atoms with Crippen LogP contribution < -0.4 is 0 Å². The monoisotopic (exact) mass is 293 g/mol. The highest BCUT2D eigenvalue weighted by Crippen LogP contribution is 2.29. The molecular weight excluding hydrogens is 278 g/mol. The first kappa shape index (κ1) is 12.3. The second-order valence-electron chi connectivity index (χ2n) is 4.22. The van der Waals surface area contributed by atoms with Crippen molar-refractivity contribution < 1.29 is 0 Å². The summed E-state index contributed by atoms with van der Waals surface area (Å²) in [4.78, 5) is 0. The van der Waals surface area contributed by atoms with Crippen LogP contribution in [-0.4, -0.2) is 15.4 Å². The number of nitrogens with one attached hydrogen (secondary N) is 1. The third-order valence-corrected chi connectivity index (χ3v) is 4.02. The predicted octanol–water partition coefficient (Wildman–Crippen LogP) is 3.61. The molecule has 17 heavy (non-hydrogen) atoms. The van der Waals surface area contributed by atoms with Crippen molar-refractivity contribution in [2.24, 2.45) is 0 Å². The molecule has 0 aliphatic rings. The molecule has 0 aliphatic carbocycles. The molecular formula is C13H16BrN3. The molecule has 0 saturated carbocycles. The second-order valence-corrected chi connectivity index (χ2v) is 5.08. The van der Waals surface area contributed by atoms with E-state index < -0.39 is 0 Å². The molecule has 1 N–H and O–H groups in total. The average molecular weight is 294 g/mol. The first-order valence-corrected chi connectivity index (χ1v) is 6.61. The van der Waals surface area contributed by atoms with Gasteiger partial charge in [0.25, 0.3) is 0 Å². The van der Waals surface area contributed by atoms with Crippen LogP contribution in [0, 0.1) is 6.92 Å². The zero-order valence-corrected chi connectivity index (χ0v) is 11.7.